The monoisotopic (exact) mass is 366 g/mol. The van der Waals surface area contributed by atoms with E-state index in [1.165, 1.54) is 12.1 Å². The lowest BCUT2D eigenvalue weighted by atomic mass is 10.1. The SMILES string of the molecule is CCCCCCC(=O)NCCOC(=O)c1ccc(OCC)c([N+](=O)[O-])c1. The standard InChI is InChI=1S/C18H26N2O6/c1-3-5-6-7-8-17(21)19-11-12-26-18(22)14-9-10-16(25-4-2)15(13-14)20(23)24/h9-10,13H,3-8,11-12H2,1-2H3,(H,19,21). The summed E-state index contributed by atoms with van der Waals surface area (Å²) in [5, 5.41) is 13.7. The van der Waals surface area contributed by atoms with Crippen LogP contribution in [0.3, 0.4) is 0 Å². The largest absolute Gasteiger partial charge is 0.487 e. The lowest BCUT2D eigenvalue weighted by Crippen LogP contribution is -2.27. The highest BCUT2D eigenvalue weighted by molar-refractivity contribution is 5.90. The van der Waals surface area contributed by atoms with Crippen molar-refractivity contribution in [3.8, 4) is 5.75 Å². The van der Waals surface area contributed by atoms with Crippen LogP contribution < -0.4 is 10.1 Å². The van der Waals surface area contributed by atoms with Gasteiger partial charge >= 0.3 is 11.7 Å². The number of amides is 1. The Morgan fingerprint density at radius 1 is 1.19 bits per heavy atom. The van der Waals surface area contributed by atoms with Gasteiger partial charge in [-0.1, -0.05) is 26.2 Å². The lowest BCUT2D eigenvalue weighted by Gasteiger charge is -2.08. The molecule has 0 unspecified atom stereocenters. The van der Waals surface area contributed by atoms with E-state index in [2.05, 4.69) is 12.2 Å². The summed E-state index contributed by atoms with van der Waals surface area (Å²) in [5.74, 6) is -0.661. The predicted molar refractivity (Wildman–Crippen MR) is 96.3 cm³/mol. The zero-order chi connectivity index (χ0) is 19.4. The molecular weight excluding hydrogens is 340 g/mol. The molecule has 26 heavy (non-hydrogen) atoms. The van der Waals surface area contributed by atoms with Gasteiger partial charge in [-0.15, -0.1) is 0 Å². The van der Waals surface area contributed by atoms with E-state index in [1.54, 1.807) is 6.92 Å². The van der Waals surface area contributed by atoms with Crippen LogP contribution in [0.15, 0.2) is 18.2 Å². The third-order valence-electron chi connectivity index (χ3n) is 3.61. The first-order chi connectivity index (χ1) is 12.5. The highest BCUT2D eigenvalue weighted by atomic mass is 16.6. The van der Waals surface area contributed by atoms with E-state index in [4.69, 9.17) is 9.47 Å². The number of esters is 1. The Hall–Kier alpha value is -2.64. The van der Waals surface area contributed by atoms with Crippen molar-refractivity contribution in [2.24, 2.45) is 0 Å². The molecule has 0 aliphatic heterocycles. The molecule has 0 heterocycles. The van der Waals surface area contributed by atoms with Gasteiger partial charge in [-0.05, 0) is 25.5 Å². The number of ether oxygens (including phenoxy) is 2. The first kappa shape index (κ1) is 21.4. The van der Waals surface area contributed by atoms with E-state index in [9.17, 15) is 19.7 Å². The number of unbranched alkanes of at least 4 members (excludes halogenated alkanes) is 3. The van der Waals surface area contributed by atoms with Crippen LogP contribution in [-0.4, -0.2) is 36.6 Å². The van der Waals surface area contributed by atoms with Crippen molar-refractivity contribution in [1.82, 2.24) is 5.32 Å². The molecule has 1 amide bonds. The average molecular weight is 366 g/mol. The minimum Gasteiger partial charge on any atom is -0.487 e. The van der Waals surface area contributed by atoms with Crippen molar-refractivity contribution < 1.29 is 24.0 Å². The number of hydrogen-bond donors (Lipinski definition) is 1. The summed E-state index contributed by atoms with van der Waals surface area (Å²) in [7, 11) is 0. The maximum atomic E-state index is 12.0. The smallest absolute Gasteiger partial charge is 0.338 e. The topological polar surface area (TPSA) is 108 Å². The highest BCUT2D eigenvalue weighted by Gasteiger charge is 2.19. The molecule has 0 bridgehead atoms. The second-order valence-corrected chi connectivity index (χ2v) is 5.67. The molecule has 0 spiro atoms. The van der Waals surface area contributed by atoms with E-state index >= 15 is 0 Å². The summed E-state index contributed by atoms with van der Waals surface area (Å²) in [5.41, 5.74) is -0.229. The van der Waals surface area contributed by atoms with Crippen LogP contribution in [0, 0.1) is 10.1 Å². The molecule has 0 aliphatic carbocycles. The van der Waals surface area contributed by atoms with Gasteiger partial charge in [-0.2, -0.15) is 0 Å². The van der Waals surface area contributed by atoms with E-state index in [0.29, 0.717) is 6.42 Å². The van der Waals surface area contributed by atoms with Crippen LogP contribution in [0.2, 0.25) is 0 Å². The minimum absolute atomic E-state index is 0.000538. The number of nitro groups is 1. The van der Waals surface area contributed by atoms with Crippen molar-refractivity contribution >= 4 is 17.6 Å². The second-order valence-electron chi connectivity index (χ2n) is 5.67. The number of benzene rings is 1. The van der Waals surface area contributed by atoms with Gasteiger partial charge in [-0.25, -0.2) is 4.79 Å². The molecule has 1 aromatic carbocycles. The van der Waals surface area contributed by atoms with Crippen LogP contribution in [-0.2, 0) is 9.53 Å². The minimum atomic E-state index is -0.687. The van der Waals surface area contributed by atoms with Crippen LogP contribution in [0.25, 0.3) is 0 Å². The number of carbonyl (C=O) groups excluding carboxylic acids is 2. The van der Waals surface area contributed by atoms with Crippen molar-refractivity contribution in [3.05, 3.63) is 33.9 Å². The number of nitro benzene ring substituents is 1. The van der Waals surface area contributed by atoms with Gasteiger partial charge in [0.05, 0.1) is 23.6 Å². The molecule has 0 radical (unpaired) electrons. The molecule has 8 nitrogen and oxygen atoms in total. The molecule has 1 aromatic rings. The lowest BCUT2D eigenvalue weighted by molar-refractivity contribution is -0.385. The van der Waals surface area contributed by atoms with E-state index in [-0.39, 0.29) is 42.7 Å². The Morgan fingerprint density at radius 2 is 1.96 bits per heavy atom. The molecular formula is C18H26N2O6. The molecule has 0 atom stereocenters. The molecule has 0 saturated heterocycles. The van der Waals surface area contributed by atoms with Crippen molar-refractivity contribution in [1.29, 1.82) is 0 Å². The zero-order valence-corrected chi connectivity index (χ0v) is 15.3. The van der Waals surface area contributed by atoms with Gasteiger partial charge in [0, 0.05) is 12.5 Å². The van der Waals surface area contributed by atoms with E-state index in [1.807, 2.05) is 0 Å². The van der Waals surface area contributed by atoms with Crippen LogP contribution >= 0.6 is 0 Å². The number of rotatable bonds is 12. The Balaban J connectivity index is 2.42. The van der Waals surface area contributed by atoms with Crippen molar-refractivity contribution in [2.75, 3.05) is 19.8 Å². The summed E-state index contributed by atoms with van der Waals surface area (Å²) in [4.78, 5) is 34.0. The van der Waals surface area contributed by atoms with Crippen LogP contribution in [0.1, 0.15) is 56.3 Å². The summed E-state index contributed by atoms with van der Waals surface area (Å²) < 4.78 is 10.2. The second kappa shape index (κ2) is 11.8. The van der Waals surface area contributed by atoms with Crippen molar-refractivity contribution in [2.45, 2.75) is 46.0 Å². The third kappa shape index (κ3) is 7.50. The van der Waals surface area contributed by atoms with Gasteiger partial charge < -0.3 is 14.8 Å². The summed E-state index contributed by atoms with van der Waals surface area (Å²) >= 11 is 0. The van der Waals surface area contributed by atoms with Crippen molar-refractivity contribution in [3.63, 3.8) is 0 Å². The molecule has 0 fully saturated rings. The number of hydrogen-bond acceptors (Lipinski definition) is 6. The summed E-state index contributed by atoms with van der Waals surface area (Å²) in [6, 6.07) is 3.91. The normalized spacial score (nSPS) is 10.2. The molecule has 0 aromatic heterocycles. The maximum absolute atomic E-state index is 12.0. The highest BCUT2D eigenvalue weighted by Crippen LogP contribution is 2.28. The molecule has 8 heteroatoms. The van der Waals surface area contributed by atoms with Gasteiger partial charge in [0.15, 0.2) is 5.75 Å². The fraction of sp³-hybridized carbons (Fsp3) is 0.556. The molecule has 0 saturated carbocycles. The number of carbonyl (C=O) groups is 2. The van der Waals surface area contributed by atoms with Gasteiger partial charge in [-0.3, -0.25) is 14.9 Å². The number of nitrogens with zero attached hydrogens (tertiary/aromatic N) is 1. The molecule has 0 aliphatic rings. The molecule has 1 rings (SSSR count). The van der Waals surface area contributed by atoms with Gasteiger partial charge in [0.1, 0.15) is 6.61 Å². The first-order valence-electron chi connectivity index (χ1n) is 8.84. The fourth-order valence-electron chi connectivity index (χ4n) is 2.28. The first-order valence-corrected chi connectivity index (χ1v) is 8.84. The Morgan fingerprint density at radius 3 is 2.62 bits per heavy atom. The third-order valence-corrected chi connectivity index (χ3v) is 3.61. The molecule has 1 N–H and O–H groups in total. The zero-order valence-electron chi connectivity index (χ0n) is 15.3. The van der Waals surface area contributed by atoms with Crippen LogP contribution in [0.5, 0.6) is 5.75 Å². The summed E-state index contributed by atoms with van der Waals surface area (Å²) in [6.07, 6.45) is 4.55. The Labute approximate surface area is 153 Å². The summed E-state index contributed by atoms with van der Waals surface area (Å²) in [6.45, 7) is 4.30. The predicted octanol–water partition coefficient (Wildman–Crippen LogP) is 3.24. The van der Waals surface area contributed by atoms with E-state index < -0.39 is 10.9 Å². The van der Waals surface area contributed by atoms with Gasteiger partial charge in [0.25, 0.3) is 0 Å². The Bertz CT molecular complexity index is 618. The van der Waals surface area contributed by atoms with E-state index in [0.717, 1.165) is 31.7 Å². The average Bonchev–Trinajstić information content (AvgIpc) is 2.62. The quantitative estimate of drug-likeness (QED) is 0.263. The Kier molecular flexibility index (Phi) is 9.74. The molecule has 144 valence electrons. The van der Waals surface area contributed by atoms with Crippen LogP contribution in [0.4, 0.5) is 5.69 Å². The maximum Gasteiger partial charge on any atom is 0.338 e. The fourth-order valence-corrected chi connectivity index (χ4v) is 2.28. The number of nitrogens with one attached hydrogen (secondary N) is 1. The van der Waals surface area contributed by atoms with Gasteiger partial charge in [0.2, 0.25) is 5.91 Å².